The predicted molar refractivity (Wildman–Crippen MR) is 126 cm³/mol. The first-order valence-electron chi connectivity index (χ1n) is 10.8. The lowest BCUT2D eigenvalue weighted by Gasteiger charge is -2.10. The Morgan fingerprint density at radius 2 is 1.79 bits per heavy atom. The van der Waals surface area contributed by atoms with Crippen LogP contribution in [0.2, 0.25) is 0 Å². The number of benzene rings is 2. The van der Waals surface area contributed by atoms with Crippen LogP contribution >= 0.6 is 0 Å². The largest absolute Gasteiger partial charge is 0.493 e. The molecule has 9 heteroatoms. The van der Waals surface area contributed by atoms with Gasteiger partial charge in [-0.25, -0.2) is 4.98 Å². The van der Waals surface area contributed by atoms with Crippen LogP contribution in [0.25, 0.3) is 34.3 Å². The second-order valence-electron chi connectivity index (χ2n) is 7.80. The Kier molecular flexibility index (Phi) is 6.93. The first-order valence-corrected chi connectivity index (χ1v) is 10.8. The minimum Gasteiger partial charge on any atom is -0.493 e. The van der Waals surface area contributed by atoms with Gasteiger partial charge >= 0.3 is 0 Å². The maximum Gasteiger partial charge on any atom is 0.268 e. The quantitative estimate of drug-likeness (QED) is 0.397. The Labute approximate surface area is 197 Å². The van der Waals surface area contributed by atoms with Gasteiger partial charge in [0.25, 0.3) is 17.7 Å². The Hall–Kier alpha value is -4.11. The van der Waals surface area contributed by atoms with Crippen molar-refractivity contribution in [3.05, 3.63) is 66.0 Å². The highest BCUT2D eigenvalue weighted by Crippen LogP contribution is 2.31. The van der Waals surface area contributed by atoms with Gasteiger partial charge in [-0.15, -0.1) is 10.2 Å². The summed E-state index contributed by atoms with van der Waals surface area (Å²) in [6.07, 6.45) is 2.19. The lowest BCUT2D eigenvalue weighted by Crippen LogP contribution is -2.21. The Bertz CT molecular complexity index is 1280. The second-order valence-corrected chi connectivity index (χ2v) is 7.80. The van der Waals surface area contributed by atoms with E-state index in [1.807, 2.05) is 43.3 Å². The number of aliphatic hydroxyl groups is 1. The maximum atomic E-state index is 12.1. The van der Waals surface area contributed by atoms with Crippen molar-refractivity contribution in [2.45, 2.75) is 13.3 Å². The number of carbonyl (C=O) groups excluding carboxylic acids is 1. The van der Waals surface area contributed by atoms with E-state index < -0.39 is 0 Å². The molecule has 0 atom stereocenters. The number of nitrogens with zero attached hydrogens (tertiary/aromatic N) is 5. The number of amides is 1. The number of para-hydroxylation sites is 1. The van der Waals surface area contributed by atoms with Crippen LogP contribution < -0.4 is 4.74 Å². The fourth-order valence-electron chi connectivity index (χ4n) is 3.28. The SMILES string of the molecule is Cc1ncc(-c2ccc(C(=O)N(C)C)cc2)nc1-c1nnc(-c2ccccc2OCCCO)o1. The molecule has 1 N–H and O–H groups in total. The van der Waals surface area contributed by atoms with E-state index in [9.17, 15) is 4.79 Å². The van der Waals surface area contributed by atoms with Crippen LogP contribution in [0, 0.1) is 6.92 Å². The molecule has 9 nitrogen and oxygen atoms in total. The second kappa shape index (κ2) is 10.2. The van der Waals surface area contributed by atoms with Gasteiger partial charge in [0.15, 0.2) is 0 Å². The van der Waals surface area contributed by atoms with Crippen molar-refractivity contribution in [2.24, 2.45) is 0 Å². The number of hydrogen-bond donors (Lipinski definition) is 1. The predicted octanol–water partition coefficient (Wildman–Crippen LogP) is 3.63. The molecule has 0 fully saturated rings. The number of rotatable bonds is 8. The molecule has 0 aliphatic heterocycles. The zero-order chi connectivity index (χ0) is 24.1. The van der Waals surface area contributed by atoms with Gasteiger partial charge in [0.1, 0.15) is 11.4 Å². The van der Waals surface area contributed by atoms with E-state index >= 15 is 0 Å². The molecular formula is C25H25N5O4. The summed E-state index contributed by atoms with van der Waals surface area (Å²) in [5.41, 5.74) is 3.80. The van der Waals surface area contributed by atoms with Gasteiger partial charge in [-0.2, -0.15) is 0 Å². The van der Waals surface area contributed by atoms with Gasteiger partial charge in [0.05, 0.1) is 29.8 Å². The van der Waals surface area contributed by atoms with Crippen molar-refractivity contribution in [3.8, 4) is 40.0 Å². The lowest BCUT2D eigenvalue weighted by atomic mass is 10.1. The van der Waals surface area contributed by atoms with Crippen LogP contribution in [0.4, 0.5) is 0 Å². The smallest absolute Gasteiger partial charge is 0.268 e. The number of aromatic nitrogens is 4. The third-order valence-electron chi connectivity index (χ3n) is 5.09. The van der Waals surface area contributed by atoms with Crippen LogP contribution in [0.15, 0.2) is 59.1 Å². The number of carbonyl (C=O) groups is 1. The highest BCUT2D eigenvalue weighted by atomic mass is 16.5. The van der Waals surface area contributed by atoms with Gasteiger partial charge in [0, 0.05) is 38.2 Å². The molecule has 4 aromatic rings. The topological polar surface area (TPSA) is 114 Å². The zero-order valence-electron chi connectivity index (χ0n) is 19.2. The maximum absolute atomic E-state index is 12.1. The minimum absolute atomic E-state index is 0.0514. The van der Waals surface area contributed by atoms with E-state index in [1.165, 1.54) is 4.90 Å². The average molecular weight is 460 g/mol. The summed E-state index contributed by atoms with van der Waals surface area (Å²) in [7, 11) is 3.43. The standard InChI is InChI=1S/C25H25N5O4/c1-16-22(27-20(15-26-16)17-9-11-18(12-10-17)25(32)30(2)3)24-29-28-23(34-24)19-7-4-5-8-21(19)33-14-6-13-31/h4-5,7-12,15,31H,6,13-14H2,1-3H3. The molecule has 1 amide bonds. The molecule has 0 radical (unpaired) electrons. The molecule has 0 saturated carbocycles. The molecule has 174 valence electrons. The van der Waals surface area contributed by atoms with Crippen LogP contribution in [0.1, 0.15) is 22.5 Å². The Morgan fingerprint density at radius 3 is 2.53 bits per heavy atom. The lowest BCUT2D eigenvalue weighted by molar-refractivity contribution is 0.0827. The molecule has 2 aromatic carbocycles. The molecule has 2 aromatic heterocycles. The van der Waals surface area contributed by atoms with E-state index in [0.717, 1.165) is 5.56 Å². The molecule has 0 unspecified atom stereocenters. The van der Waals surface area contributed by atoms with Gasteiger partial charge in [-0.05, 0) is 31.2 Å². The average Bonchev–Trinajstić information content (AvgIpc) is 3.34. The van der Waals surface area contributed by atoms with Crippen LogP contribution in [-0.4, -0.2) is 63.4 Å². The van der Waals surface area contributed by atoms with Crippen molar-refractivity contribution < 1.29 is 19.1 Å². The Balaban J connectivity index is 1.63. The van der Waals surface area contributed by atoms with Crippen LogP contribution in [0.3, 0.4) is 0 Å². The normalized spacial score (nSPS) is 10.8. The fraction of sp³-hybridized carbons (Fsp3) is 0.240. The third-order valence-corrected chi connectivity index (χ3v) is 5.09. The molecular weight excluding hydrogens is 434 g/mol. The summed E-state index contributed by atoms with van der Waals surface area (Å²) < 4.78 is 11.7. The van der Waals surface area contributed by atoms with Crippen molar-refractivity contribution in [1.82, 2.24) is 25.1 Å². The van der Waals surface area contributed by atoms with Crippen molar-refractivity contribution in [1.29, 1.82) is 0 Å². The first kappa shape index (κ1) is 23.1. The molecule has 4 rings (SSSR count). The molecule has 0 spiro atoms. The van der Waals surface area contributed by atoms with E-state index in [-0.39, 0.29) is 18.4 Å². The zero-order valence-corrected chi connectivity index (χ0v) is 19.2. The van der Waals surface area contributed by atoms with Gasteiger partial charge in [-0.1, -0.05) is 24.3 Å². The summed E-state index contributed by atoms with van der Waals surface area (Å²) in [6, 6.07) is 14.5. The molecule has 2 heterocycles. The molecule has 0 bridgehead atoms. The van der Waals surface area contributed by atoms with Crippen molar-refractivity contribution in [3.63, 3.8) is 0 Å². The summed E-state index contributed by atoms with van der Waals surface area (Å²) in [5.74, 6) is 1.07. The van der Waals surface area contributed by atoms with E-state index in [0.29, 0.717) is 52.9 Å². The first-order chi connectivity index (χ1) is 16.5. The fourth-order valence-corrected chi connectivity index (χ4v) is 3.28. The van der Waals surface area contributed by atoms with Gasteiger partial charge in [-0.3, -0.25) is 9.78 Å². The minimum atomic E-state index is -0.0683. The van der Waals surface area contributed by atoms with E-state index in [2.05, 4.69) is 15.2 Å². The Morgan fingerprint density at radius 1 is 1.06 bits per heavy atom. The highest BCUT2D eigenvalue weighted by Gasteiger charge is 2.18. The van der Waals surface area contributed by atoms with Crippen molar-refractivity contribution >= 4 is 5.91 Å². The molecule has 0 aliphatic carbocycles. The molecule has 0 aliphatic rings. The molecule has 34 heavy (non-hydrogen) atoms. The number of ether oxygens (including phenoxy) is 1. The van der Waals surface area contributed by atoms with Gasteiger partial charge < -0.3 is 19.2 Å². The molecule has 0 saturated heterocycles. The van der Waals surface area contributed by atoms with Crippen LogP contribution in [-0.2, 0) is 0 Å². The monoisotopic (exact) mass is 459 g/mol. The summed E-state index contributed by atoms with van der Waals surface area (Å²) in [4.78, 5) is 22.8. The number of aryl methyl sites for hydroxylation is 1. The van der Waals surface area contributed by atoms with Gasteiger partial charge in [0.2, 0.25) is 0 Å². The third kappa shape index (κ3) is 4.94. The number of hydrogen-bond acceptors (Lipinski definition) is 8. The number of aliphatic hydroxyl groups excluding tert-OH is 1. The highest BCUT2D eigenvalue weighted by molar-refractivity contribution is 5.94. The summed E-state index contributed by atoms with van der Waals surface area (Å²) >= 11 is 0. The van der Waals surface area contributed by atoms with E-state index in [1.54, 1.807) is 32.4 Å². The summed E-state index contributed by atoms with van der Waals surface area (Å²) in [5, 5.41) is 17.4. The van der Waals surface area contributed by atoms with E-state index in [4.69, 9.17) is 19.2 Å². The van der Waals surface area contributed by atoms with Crippen molar-refractivity contribution in [2.75, 3.05) is 27.3 Å². The van der Waals surface area contributed by atoms with Crippen LogP contribution in [0.5, 0.6) is 5.75 Å². The summed E-state index contributed by atoms with van der Waals surface area (Å²) in [6.45, 7) is 2.25.